The number of ketones is 1. The quantitative estimate of drug-likeness (QED) is 0.596. The van der Waals surface area contributed by atoms with Gasteiger partial charge in [-0.25, -0.2) is 0 Å². The lowest BCUT2D eigenvalue weighted by atomic mass is 10.2. The maximum Gasteiger partial charge on any atom is 0.134 e. The van der Waals surface area contributed by atoms with Crippen LogP contribution in [-0.4, -0.2) is 40.6 Å². The molecule has 0 N–H and O–H groups in total. The van der Waals surface area contributed by atoms with Gasteiger partial charge in [-0.1, -0.05) is 12.1 Å². The Hall–Kier alpha value is -1.27. The standard InChI is InChI=1S/C11H19N3O3/c1-3-11(15)4-5-16-6-7-17-9-10-8-14(2)13-12-10/h8H,3-7,9H2,1-2H3. The molecule has 0 bridgehead atoms. The molecule has 6 heteroatoms. The first-order valence-corrected chi connectivity index (χ1v) is 5.74. The Morgan fingerprint density at radius 1 is 1.35 bits per heavy atom. The van der Waals surface area contributed by atoms with Crippen LogP contribution in [-0.2, 0) is 27.9 Å². The van der Waals surface area contributed by atoms with E-state index in [1.54, 1.807) is 10.9 Å². The van der Waals surface area contributed by atoms with Gasteiger partial charge < -0.3 is 9.47 Å². The highest BCUT2D eigenvalue weighted by Gasteiger charge is 1.99. The van der Waals surface area contributed by atoms with E-state index in [1.807, 2.05) is 14.0 Å². The second kappa shape index (κ2) is 7.92. The van der Waals surface area contributed by atoms with Crippen molar-refractivity contribution >= 4 is 5.78 Å². The van der Waals surface area contributed by atoms with Crippen LogP contribution in [0.5, 0.6) is 0 Å². The Bertz CT molecular complexity index is 338. The van der Waals surface area contributed by atoms with E-state index in [4.69, 9.17) is 9.47 Å². The average Bonchev–Trinajstić information content (AvgIpc) is 2.73. The van der Waals surface area contributed by atoms with Crippen LogP contribution >= 0.6 is 0 Å². The summed E-state index contributed by atoms with van der Waals surface area (Å²) in [6, 6.07) is 0. The lowest BCUT2D eigenvalue weighted by molar-refractivity contribution is -0.119. The second-order valence-electron chi connectivity index (χ2n) is 3.69. The zero-order chi connectivity index (χ0) is 12.5. The van der Waals surface area contributed by atoms with Crippen molar-refractivity contribution in [3.63, 3.8) is 0 Å². The summed E-state index contributed by atoms with van der Waals surface area (Å²) in [5.41, 5.74) is 0.800. The van der Waals surface area contributed by atoms with Crippen LogP contribution < -0.4 is 0 Å². The molecular weight excluding hydrogens is 222 g/mol. The van der Waals surface area contributed by atoms with Crippen LogP contribution in [0, 0.1) is 0 Å². The van der Waals surface area contributed by atoms with Crippen LogP contribution in [0.3, 0.4) is 0 Å². The van der Waals surface area contributed by atoms with Crippen molar-refractivity contribution < 1.29 is 14.3 Å². The molecule has 0 aromatic carbocycles. The van der Waals surface area contributed by atoms with Gasteiger partial charge in [0.25, 0.3) is 0 Å². The number of hydrogen-bond donors (Lipinski definition) is 0. The Labute approximate surface area is 101 Å². The molecular formula is C11H19N3O3. The van der Waals surface area contributed by atoms with E-state index in [9.17, 15) is 4.79 Å². The highest BCUT2D eigenvalue weighted by Crippen LogP contribution is 1.95. The predicted octanol–water partition coefficient (Wildman–Crippen LogP) is 0.718. The molecule has 0 saturated heterocycles. The molecule has 0 aliphatic carbocycles. The van der Waals surface area contributed by atoms with Crippen LogP contribution in [0.4, 0.5) is 0 Å². The zero-order valence-electron chi connectivity index (χ0n) is 10.4. The van der Waals surface area contributed by atoms with Gasteiger partial charge in [0, 0.05) is 19.9 Å². The summed E-state index contributed by atoms with van der Waals surface area (Å²) in [5.74, 6) is 0.227. The fraction of sp³-hybridized carbons (Fsp3) is 0.727. The summed E-state index contributed by atoms with van der Waals surface area (Å²) in [7, 11) is 1.81. The summed E-state index contributed by atoms with van der Waals surface area (Å²) in [6.45, 7) is 3.76. The van der Waals surface area contributed by atoms with E-state index < -0.39 is 0 Å². The third kappa shape index (κ3) is 6.13. The smallest absolute Gasteiger partial charge is 0.134 e. The molecule has 96 valence electrons. The average molecular weight is 241 g/mol. The molecule has 17 heavy (non-hydrogen) atoms. The number of carbonyl (C=O) groups is 1. The second-order valence-corrected chi connectivity index (χ2v) is 3.69. The van der Waals surface area contributed by atoms with E-state index in [0.717, 1.165) is 5.69 Å². The van der Waals surface area contributed by atoms with Crippen molar-refractivity contribution in [3.8, 4) is 0 Å². The predicted molar refractivity (Wildman–Crippen MR) is 61.4 cm³/mol. The lowest BCUT2D eigenvalue weighted by Crippen LogP contribution is -2.08. The number of hydrogen-bond acceptors (Lipinski definition) is 5. The van der Waals surface area contributed by atoms with E-state index in [0.29, 0.717) is 39.3 Å². The van der Waals surface area contributed by atoms with Gasteiger partial charge in [0.2, 0.25) is 0 Å². The molecule has 1 rings (SSSR count). The fourth-order valence-corrected chi connectivity index (χ4v) is 1.22. The van der Waals surface area contributed by atoms with Gasteiger partial charge in [-0.15, -0.1) is 5.10 Å². The molecule has 1 aromatic rings. The van der Waals surface area contributed by atoms with Crippen LogP contribution in [0.15, 0.2) is 6.20 Å². The minimum absolute atomic E-state index is 0.227. The fourth-order valence-electron chi connectivity index (χ4n) is 1.22. The molecule has 0 spiro atoms. The van der Waals surface area contributed by atoms with Crippen molar-refractivity contribution in [2.24, 2.45) is 7.05 Å². The van der Waals surface area contributed by atoms with Crippen LogP contribution in [0.1, 0.15) is 25.5 Å². The third-order valence-electron chi connectivity index (χ3n) is 2.19. The van der Waals surface area contributed by atoms with Crippen LogP contribution in [0.25, 0.3) is 0 Å². The van der Waals surface area contributed by atoms with Gasteiger partial charge >= 0.3 is 0 Å². The third-order valence-corrected chi connectivity index (χ3v) is 2.19. The van der Waals surface area contributed by atoms with Crippen molar-refractivity contribution in [1.29, 1.82) is 0 Å². The van der Waals surface area contributed by atoms with Crippen molar-refractivity contribution in [2.75, 3.05) is 19.8 Å². The first kappa shape index (κ1) is 13.8. The van der Waals surface area contributed by atoms with Crippen molar-refractivity contribution in [1.82, 2.24) is 15.0 Å². The van der Waals surface area contributed by atoms with Crippen LogP contribution in [0.2, 0.25) is 0 Å². The summed E-state index contributed by atoms with van der Waals surface area (Å²) in [6.07, 6.45) is 2.87. The molecule has 0 unspecified atom stereocenters. The number of aryl methyl sites for hydroxylation is 1. The topological polar surface area (TPSA) is 66.2 Å². The molecule has 1 aromatic heterocycles. The number of nitrogens with zero attached hydrogens (tertiary/aromatic N) is 3. The van der Waals surface area contributed by atoms with E-state index in [-0.39, 0.29) is 5.78 Å². The maximum absolute atomic E-state index is 11.0. The number of aromatic nitrogens is 3. The van der Waals surface area contributed by atoms with Crippen molar-refractivity contribution in [3.05, 3.63) is 11.9 Å². The summed E-state index contributed by atoms with van der Waals surface area (Å²) >= 11 is 0. The van der Waals surface area contributed by atoms with Gasteiger partial charge in [-0.3, -0.25) is 9.48 Å². The molecule has 0 radical (unpaired) electrons. The monoisotopic (exact) mass is 241 g/mol. The molecule has 0 aliphatic rings. The summed E-state index contributed by atoms with van der Waals surface area (Å²) in [5, 5.41) is 7.68. The van der Waals surface area contributed by atoms with E-state index >= 15 is 0 Å². The Morgan fingerprint density at radius 3 is 2.76 bits per heavy atom. The number of ether oxygens (including phenoxy) is 2. The lowest BCUT2D eigenvalue weighted by Gasteiger charge is -2.03. The minimum Gasteiger partial charge on any atom is -0.379 e. The van der Waals surface area contributed by atoms with Gasteiger partial charge in [-0.05, 0) is 0 Å². The first-order valence-electron chi connectivity index (χ1n) is 5.74. The minimum atomic E-state index is 0.227. The summed E-state index contributed by atoms with van der Waals surface area (Å²) < 4.78 is 12.2. The number of rotatable bonds is 9. The van der Waals surface area contributed by atoms with Gasteiger partial charge in [0.1, 0.15) is 11.5 Å². The molecule has 6 nitrogen and oxygen atoms in total. The Kier molecular flexibility index (Phi) is 6.42. The largest absolute Gasteiger partial charge is 0.379 e. The molecule has 0 fully saturated rings. The number of carbonyl (C=O) groups excluding carboxylic acids is 1. The number of Topliss-reactive ketones (excluding diaryl/α,β-unsaturated/α-hetero) is 1. The molecule has 0 saturated carbocycles. The maximum atomic E-state index is 11.0. The van der Waals surface area contributed by atoms with Gasteiger partial charge in [-0.2, -0.15) is 0 Å². The zero-order valence-corrected chi connectivity index (χ0v) is 10.4. The Morgan fingerprint density at radius 2 is 2.12 bits per heavy atom. The Balaban J connectivity index is 1.93. The van der Waals surface area contributed by atoms with E-state index in [1.165, 1.54) is 0 Å². The SMILES string of the molecule is CCC(=O)CCOCCOCc1cn(C)nn1. The highest BCUT2D eigenvalue weighted by molar-refractivity contribution is 5.78. The van der Waals surface area contributed by atoms with E-state index in [2.05, 4.69) is 10.3 Å². The molecule has 0 atom stereocenters. The normalized spacial score (nSPS) is 10.7. The van der Waals surface area contributed by atoms with Gasteiger partial charge in [0.05, 0.1) is 32.6 Å². The van der Waals surface area contributed by atoms with Crippen molar-refractivity contribution in [2.45, 2.75) is 26.4 Å². The first-order chi connectivity index (χ1) is 8.22. The molecule has 0 aliphatic heterocycles. The highest BCUT2D eigenvalue weighted by atomic mass is 16.5. The molecule has 0 amide bonds. The summed E-state index contributed by atoms with van der Waals surface area (Å²) in [4.78, 5) is 11.0. The molecule has 1 heterocycles. The van der Waals surface area contributed by atoms with Gasteiger partial charge in [0.15, 0.2) is 0 Å².